The molecule has 0 unspecified atom stereocenters. The number of benzene rings is 2. The van der Waals surface area contributed by atoms with E-state index in [4.69, 9.17) is 4.98 Å². The van der Waals surface area contributed by atoms with Gasteiger partial charge < -0.3 is 0 Å². The van der Waals surface area contributed by atoms with Crippen molar-refractivity contribution in [2.75, 3.05) is 0 Å². The molecule has 0 fully saturated rings. The highest BCUT2D eigenvalue weighted by Crippen LogP contribution is 2.30. The SMILES string of the molecule is CCCc1nc(-c2ccc(-c3ccccc3)cc2)sc1C. The number of thiazole rings is 1. The number of rotatable bonds is 4. The third-order valence-electron chi connectivity index (χ3n) is 3.62. The van der Waals surface area contributed by atoms with E-state index in [2.05, 4.69) is 62.4 Å². The van der Waals surface area contributed by atoms with Crippen LogP contribution in [0.2, 0.25) is 0 Å². The first-order valence-electron chi connectivity index (χ1n) is 7.40. The lowest BCUT2D eigenvalue weighted by Gasteiger charge is -2.02. The molecule has 0 spiro atoms. The maximum absolute atomic E-state index is 4.79. The maximum Gasteiger partial charge on any atom is 0.123 e. The van der Waals surface area contributed by atoms with Gasteiger partial charge in [0.2, 0.25) is 0 Å². The van der Waals surface area contributed by atoms with Gasteiger partial charge in [0.25, 0.3) is 0 Å². The first-order chi connectivity index (χ1) is 10.3. The van der Waals surface area contributed by atoms with Crippen LogP contribution in [0.25, 0.3) is 21.7 Å². The van der Waals surface area contributed by atoms with Crippen molar-refractivity contribution in [3.05, 3.63) is 65.2 Å². The van der Waals surface area contributed by atoms with Gasteiger partial charge in [-0.2, -0.15) is 0 Å². The number of hydrogen-bond donors (Lipinski definition) is 0. The van der Waals surface area contributed by atoms with Crippen LogP contribution in [0.5, 0.6) is 0 Å². The zero-order valence-corrected chi connectivity index (χ0v) is 13.3. The first kappa shape index (κ1) is 14.0. The molecule has 0 aliphatic carbocycles. The molecule has 0 N–H and O–H groups in total. The number of nitrogens with zero attached hydrogens (tertiary/aromatic N) is 1. The molecule has 1 aromatic heterocycles. The Morgan fingerprint density at radius 3 is 2.14 bits per heavy atom. The summed E-state index contributed by atoms with van der Waals surface area (Å²) in [5.41, 5.74) is 4.97. The Bertz CT molecular complexity index is 711. The fourth-order valence-corrected chi connectivity index (χ4v) is 3.42. The summed E-state index contributed by atoms with van der Waals surface area (Å²) in [6, 6.07) is 19.2. The van der Waals surface area contributed by atoms with E-state index < -0.39 is 0 Å². The second-order valence-corrected chi connectivity index (χ2v) is 6.42. The fraction of sp³-hybridized carbons (Fsp3) is 0.211. The molecule has 2 heteroatoms. The molecule has 0 bridgehead atoms. The molecule has 1 heterocycles. The predicted molar refractivity (Wildman–Crippen MR) is 91.7 cm³/mol. The molecular weight excluding hydrogens is 274 g/mol. The summed E-state index contributed by atoms with van der Waals surface area (Å²) in [6.45, 7) is 4.37. The number of aryl methyl sites for hydroxylation is 2. The summed E-state index contributed by atoms with van der Waals surface area (Å²) < 4.78 is 0. The van der Waals surface area contributed by atoms with E-state index in [1.54, 1.807) is 11.3 Å². The molecule has 0 saturated heterocycles. The largest absolute Gasteiger partial charge is 0.241 e. The molecule has 0 aliphatic rings. The Morgan fingerprint density at radius 1 is 0.857 bits per heavy atom. The smallest absolute Gasteiger partial charge is 0.123 e. The van der Waals surface area contributed by atoms with Crippen LogP contribution in [0.3, 0.4) is 0 Å². The van der Waals surface area contributed by atoms with Crippen LogP contribution in [0.15, 0.2) is 54.6 Å². The van der Waals surface area contributed by atoms with Crippen molar-refractivity contribution >= 4 is 11.3 Å². The van der Waals surface area contributed by atoms with Crippen LogP contribution in [0.1, 0.15) is 23.9 Å². The van der Waals surface area contributed by atoms with E-state index in [0.717, 1.165) is 17.8 Å². The minimum atomic E-state index is 1.07. The lowest BCUT2D eigenvalue weighted by Crippen LogP contribution is -1.86. The van der Waals surface area contributed by atoms with Crippen molar-refractivity contribution < 1.29 is 0 Å². The summed E-state index contributed by atoms with van der Waals surface area (Å²) in [7, 11) is 0. The van der Waals surface area contributed by atoms with E-state index in [1.165, 1.54) is 27.3 Å². The summed E-state index contributed by atoms with van der Waals surface area (Å²) in [5, 5.41) is 1.13. The molecule has 3 aromatic rings. The van der Waals surface area contributed by atoms with Crippen LogP contribution >= 0.6 is 11.3 Å². The van der Waals surface area contributed by atoms with Crippen molar-refractivity contribution in [1.82, 2.24) is 4.98 Å². The highest BCUT2D eigenvalue weighted by Gasteiger charge is 2.08. The highest BCUT2D eigenvalue weighted by molar-refractivity contribution is 7.15. The summed E-state index contributed by atoms with van der Waals surface area (Å²) in [4.78, 5) is 6.14. The van der Waals surface area contributed by atoms with E-state index in [1.807, 2.05) is 6.07 Å². The van der Waals surface area contributed by atoms with Gasteiger partial charge in [0.15, 0.2) is 0 Å². The molecule has 0 radical (unpaired) electrons. The van der Waals surface area contributed by atoms with Crippen LogP contribution in [0.4, 0.5) is 0 Å². The quantitative estimate of drug-likeness (QED) is 0.598. The molecule has 0 atom stereocenters. The van der Waals surface area contributed by atoms with Crippen molar-refractivity contribution in [3.63, 3.8) is 0 Å². The lowest BCUT2D eigenvalue weighted by molar-refractivity contribution is 0.886. The lowest BCUT2D eigenvalue weighted by atomic mass is 10.0. The monoisotopic (exact) mass is 293 g/mol. The number of aromatic nitrogens is 1. The Kier molecular flexibility index (Phi) is 4.16. The average Bonchev–Trinajstić information content (AvgIpc) is 2.90. The predicted octanol–water partition coefficient (Wildman–Crippen LogP) is 5.74. The molecular formula is C19H19NS. The molecule has 1 nitrogen and oxygen atoms in total. The normalized spacial score (nSPS) is 10.8. The van der Waals surface area contributed by atoms with Gasteiger partial charge >= 0.3 is 0 Å². The van der Waals surface area contributed by atoms with Gasteiger partial charge in [0.05, 0.1) is 5.69 Å². The van der Waals surface area contributed by atoms with Gasteiger partial charge in [0.1, 0.15) is 5.01 Å². The summed E-state index contributed by atoms with van der Waals surface area (Å²) >= 11 is 1.80. The zero-order chi connectivity index (χ0) is 14.7. The van der Waals surface area contributed by atoms with Crippen molar-refractivity contribution in [2.45, 2.75) is 26.7 Å². The van der Waals surface area contributed by atoms with Crippen LogP contribution < -0.4 is 0 Å². The van der Waals surface area contributed by atoms with E-state index in [9.17, 15) is 0 Å². The number of hydrogen-bond acceptors (Lipinski definition) is 2. The average molecular weight is 293 g/mol. The van der Waals surface area contributed by atoms with Crippen LogP contribution in [0, 0.1) is 6.92 Å². The summed E-state index contributed by atoms with van der Waals surface area (Å²) in [6.07, 6.45) is 2.22. The van der Waals surface area contributed by atoms with Crippen molar-refractivity contribution in [2.24, 2.45) is 0 Å². The van der Waals surface area contributed by atoms with Gasteiger partial charge in [-0.15, -0.1) is 11.3 Å². The Labute approximate surface area is 130 Å². The molecule has 0 aliphatic heterocycles. The van der Waals surface area contributed by atoms with Gasteiger partial charge in [-0.1, -0.05) is 67.9 Å². The second kappa shape index (κ2) is 6.23. The minimum Gasteiger partial charge on any atom is -0.241 e. The Balaban J connectivity index is 1.89. The minimum absolute atomic E-state index is 1.07. The third kappa shape index (κ3) is 3.06. The molecule has 3 rings (SSSR count). The van der Waals surface area contributed by atoms with Gasteiger partial charge in [0, 0.05) is 10.4 Å². The fourth-order valence-electron chi connectivity index (χ4n) is 2.46. The standard InChI is InChI=1S/C19H19NS/c1-3-7-18-14(2)21-19(20-18)17-12-10-16(11-13-17)15-8-5-4-6-9-15/h4-6,8-13H,3,7H2,1-2H3. The van der Waals surface area contributed by atoms with Crippen molar-refractivity contribution in [1.29, 1.82) is 0 Å². The highest BCUT2D eigenvalue weighted by atomic mass is 32.1. The van der Waals surface area contributed by atoms with Gasteiger partial charge in [-0.3, -0.25) is 0 Å². The van der Waals surface area contributed by atoms with E-state index in [0.29, 0.717) is 0 Å². The zero-order valence-electron chi connectivity index (χ0n) is 12.5. The molecule has 21 heavy (non-hydrogen) atoms. The molecule has 0 saturated carbocycles. The van der Waals surface area contributed by atoms with Crippen LogP contribution in [-0.2, 0) is 6.42 Å². The Hall–Kier alpha value is -1.93. The van der Waals surface area contributed by atoms with Gasteiger partial charge in [-0.05, 0) is 24.5 Å². The molecule has 2 aromatic carbocycles. The van der Waals surface area contributed by atoms with E-state index >= 15 is 0 Å². The van der Waals surface area contributed by atoms with Gasteiger partial charge in [-0.25, -0.2) is 4.98 Å². The third-order valence-corrected chi connectivity index (χ3v) is 4.68. The first-order valence-corrected chi connectivity index (χ1v) is 8.21. The van der Waals surface area contributed by atoms with E-state index in [-0.39, 0.29) is 0 Å². The summed E-state index contributed by atoms with van der Waals surface area (Å²) in [5.74, 6) is 0. The van der Waals surface area contributed by atoms with Crippen LogP contribution in [-0.4, -0.2) is 4.98 Å². The molecule has 0 amide bonds. The Morgan fingerprint density at radius 2 is 1.48 bits per heavy atom. The van der Waals surface area contributed by atoms with Crippen molar-refractivity contribution in [3.8, 4) is 21.7 Å². The second-order valence-electron chi connectivity index (χ2n) is 5.22. The topological polar surface area (TPSA) is 12.9 Å². The maximum atomic E-state index is 4.79. The molecule has 106 valence electrons.